The van der Waals surface area contributed by atoms with Crippen molar-refractivity contribution in [1.82, 2.24) is 10.2 Å². The standard InChI is InChI=1S/C15H21BrN2O2/c1-11(12-4-6-13(16)7-5-12)17-15(20)9-18-8-2-3-14(18)10-19/h4-7,11,14,19H,2-3,8-10H2,1H3,(H,17,20). The molecule has 0 radical (unpaired) electrons. The van der Waals surface area contributed by atoms with Crippen molar-refractivity contribution in [3.8, 4) is 0 Å². The zero-order valence-electron chi connectivity index (χ0n) is 11.7. The van der Waals surface area contributed by atoms with Gasteiger partial charge in [-0.1, -0.05) is 28.1 Å². The van der Waals surface area contributed by atoms with E-state index in [-0.39, 0.29) is 24.6 Å². The summed E-state index contributed by atoms with van der Waals surface area (Å²) in [6.45, 7) is 3.38. The van der Waals surface area contributed by atoms with Gasteiger partial charge in [-0.15, -0.1) is 0 Å². The smallest absolute Gasteiger partial charge is 0.234 e. The number of nitrogens with one attached hydrogen (secondary N) is 1. The molecule has 1 aliphatic rings. The van der Waals surface area contributed by atoms with Gasteiger partial charge in [0.1, 0.15) is 0 Å². The first kappa shape index (κ1) is 15.5. The number of nitrogens with zero attached hydrogens (tertiary/aromatic N) is 1. The Labute approximate surface area is 128 Å². The number of hydrogen-bond acceptors (Lipinski definition) is 3. The van der Waals surface area contributed by atoms with E-state index in [2.05, 4.69) is 26.1 Å². The summed E-state index contributed by atoms with van der Waals surface area (Å²) >= 11 is 3.40. The highest BCUT2D eigenvalue weighted by Gasteiger charge is 2.25. The number of carbonyl (C=O) groups is 1. The molecule has 2 N–H and O–H groups in total. The number of amides is 1. The molecule has 1 fully saturated rings. The van der Waals surface area contributed by atoms with Crippen LogP contribution in [0.15, 0.2) is 28.7 Å². The van der Waals surface area contributed by atoms with Crippen LogP contribution in [0.3, 0.4) is 0 Å². The molecule has 20 heavy (non-hydrogen) atoms. The maximum Gasteiger partial charge on any atom is 0.234 e. The molecule has 5 heteroatoms. The number of aliphatic hydroxyl groups is 1. The summed E-state index contributed by atoms with van der Waals surface area (Å²) in [6, 6.07) is 8.08. The zero-order chi connectivity index (χ0) is 14.5. The molecule has 2 rings (SSSR count). The zero-order valence-corrected chi connectivity index (χ0v) is 13.3. The van der Waals surface area contributed by atoms with Gasteiger partial charge in [0.05, 0.1) is 19.2 Å². The first-order valence-electron chi connectivity index (χ1n) is 7.00. The quantitative estimate of drug-likeness (QED) is 0.862. The van der Waals surface area contributed by atoms with E-state index in [1.807, 2.05) is 31.2 Å². The molecule has 0 aliphatic carbocycles. The second-order valence-corrected chi connectivity index (χ2v) is 6.21. The van der Waals surface area contributed by atoms with Gasteiger partial charge in [0, 0.05) is 10.5 Å². The molecular weight excluding hydrogens is 320 g/mol. The summed E-state index contributed by atoms with van der Waals surface area (Å²) in [4.78, 5) is 14.1. The number of benzene rings is 1. The summed E-state index contributed by atoms with van der Waals surface area (Å²) in [7, 11) is 0. The van der Waals surface area contributed by atoms with E-state index in [1.54, 1.807) is 0 Å². The van der Waals surface area contributed by atoms with Crippen LogP contribution in [0.4, 0.5) is 0 Å². The lowest BCUT2D eigenvalue weighted by Gasteiger charge is -2.23. The number of aliphatic hydroxyl groups excluding tert-OH is 1. The van der Waals surface area contributed by atoms with E-state index >= 15 is 0 Å². The maximum atomic E-state index is 12.1. The molecule has 1 amide bonds. The van der Waals surface area contributed by atoms with Crippen LogP contribution in [0.25, 0.3) is 0 Å². The van der Waals surface area contributed by atoms with Gasteiger partial charge in [-0.2, -0.15) is 0 Å². The Morgan fingerprint density at radius 2 is 2.20 bits per heavy atom. The minimum atomic E-state index is -0.00854. The van der Waals surface area contributed by atoms with E-state index in [0.29, 0.717) is 6.54 Å². The van der Waals surface area contributed by atoms with Crippen LogP contribution >= 0.6 is 15.9 Å². The fraction of sp³-hybridized carbons (Fsp3) is 0.533. The van der Waals surface area contributed by atoms with E-state index in [0.717, 1.165) is 29.4 Å². The molecule has 2 unspecified atom stereocenters. The first-order chi connectivity index (χ1) is 9.60. The summed E-state index contributed by atoms with van der Waals surface area (Å²) in [5.41, 5.74) is 1.08. The van der Waals surface area contributed by atoms with Crippen molar-refractivity contribution in [3.63, 3.8) is 0 Å². The highest BCUT2D eigenvalue weighted by molar-refractivity contribution is 9.10. The van der Waals surface area contributed by atoms with Crippen LogP contribution in [0.2, 0.25) is 0 Å². The normalized spacial score (nSPS) is 20.9. The number of likely N-dealkylation sites (tertiary alicyclic amines) is 1. The Balaban J connectivity index is 1.86. The minimum Gasteiger partial charge on any atom is -0.395 e. The Morgan fingerprint density at radius 3 is 2.85 bits per heavy atom. The van der Waals surface area contributed by atoms with Gasteiger partial charge >= 0.3 is 0 Å². The average Bonchev–Trinajstić information content (AvgIpc) is 2.86. The van der Waals surface area contributed by atoms with Gasteiger partial charge in [-0.25, -0.2) is 0 Å². The van der Waals surface area contributed by atoms with Gasteiger partial charge in [-0.3, -0.25) is 9.69 Å². The molecule has 4 nitrogen and oxygen atoms in total. The van der Waals surface area contributed by atoms with E-state index in [1.165, 1.54) is 0 Å². The average molecular weight is 341 g/mol. The molecule has 0 aromatic heterocycles. The van der Waals surface area contributed by atoms with Gasteiger partial charge in [-0.05, 0) is 44.0 Å². The van der Waals surface area contributed by atoms with E-state index < -0.39 is 0 Å². The molecule has 0 bridgehead atoms. The summed E-state index contributed by atoms with van der Waals surface area (Å²) in [5.74, 6) is 0.0146. The Morgan fingerprint density at radius 1 is 1.50 bits per heavy atom. The van der Waals surface area contributed by atoms with E-state index in [4.69, 9.17) is 0 Å². The third-order valence-corrected chi connectivity index (χ3v) is 4.33. The van der Waals surface area contributed by atoms with Crippen LogP contribution in [-0.4, -0.2) is 41.7 Å². The molecular formula is C15H21BrN2O2. The third kappa shape index (κ3) is 4.04. The molecule has 1 aromatic rings. The van der Waals surface area contributed by atoms with Crippen molar-refractivity contribution >= 4 is 21.8 Å². The molecule has 1 heterocycles. The third-order valence-electron chi connectivity index (χ3n) is 3.80. The van der Waals surface area contributed by atoms with Crippen molar-refractivity contribution in [1.29, 1.82) is 0 Å². The molecule has 1 saturated heterocycles. The second-order valence-electron chi connectivity index (χ2n) is 5.29. The number of halogens is 1. The molecule has 1 aliphatic heterocycles. The highest BCUT2D eigenvalue weighted by atomic mass is 79.9. The molecule has 0 spiro atoms. The number of rotatable bonds is 5. The molecule has 2 atom stereocenters. The van der Waals surface area contributed by atoms with Gasteiger partial charge in [0.15, 0.2) is 0 Å². The predicted molar refractivity (Wildman–Crippen MR) is 82.4 cm³/mol. The van der Waals surface area contributed by atoms with Crippen molar-refractivity contribution in [2.75, 3.05) is 19.7 Å². The van der Waals surface area contributed by atoms with E-state index in [9.17, 15) is 9.90 Å². The number of carbonyl (C=O) groups excluding carboxylic acids is 1. The number of hydrogen-bond donors (Lipinski definition) is 2. The minimum absolute atomic E-state index is 0.00854. The predicted octanol–water partition coefficient (Wildman–Crippen LogP) is 2.08. The van der Waals surface area contributed by atoms with Gasteiger partial charge in [0.25, 0.3) is 0 Å². The van der Waals surface area contributed by atoms with Crippen molar-refractivity contribution in [3.05, 3.63) is 34.3 Å². The maximum absolute atomic E-state index is 12.1. The second kappa shape index (κ2) is 7.20. The topological polar surface area (TPSA) is 52.6 Å². The lowest BCUT2D eigenvalue weighted by atomic mass is 10.1. The van der Waals surface area contributed by atoms with Crippen LogP contribution in [-0.2, 0) is 4.79 Å². The Hall–Kier alpha value is -0.910. The summed E-state index contributed by atoms with van der Waals surface area (Å²) in [5, 5.41) is 12.3. The summed E-state index contributed by atoms with van der Waals surface area (Å²) < 4.78 is 1.03. The van der Waals surface area contributed by atoms with Gasteiger partial charge in [0.2, 0.25) is 5.91 Å². The van der Waals surface area contributed by atoms with Crippen LogP contribution in [0.1, 0.15) is 31.4 Å². The van der Waals surface area contributed by atoms with Crippen LogP contribution < -0.4 is 5.32 Å². The first-order valence-corrected chi connectivity index (χ1v) is 7.79. The lowest BCUT2D eigenvalue weighted by Crippen LogP contribution is -2.41. The fourth-order valence-corrected chi connectivity index (χ4v) is 2.88. The van der Waals surface area contributed by atoms with Crippen molar-refractivity contribution < 1.29 is 9.90 Å². The van der Waals surface area contributed by atoms with Crippen molar-refractivity contribution in [2.45, 2.75) is 31.8 Å². The highest BCUT2D eigenvalue weighted by Crippen LogP contribution is 2.18. The Bertz CT molecular complexity index is 450. The van der Waals surface area contributed by atoms with Crippen LogP contribution in [0.5, 0.6) is 0 Å². The Kier molecular flexibility index (Phi) is 5.57. The summed E-state index contributed by atoms with van der Waals surface area (Å²) in [6.07, 6.45) is 2.03. The SMILES string of the molecule is CC(NC(=O)CN1CCCC1CO)c1ccc(Br)cc1. The largest absolute Gasteiger partial charge is 0.395 e. The molecule has 0 saturated carbocycles. The molecule has 1 aromatic carbocycles. The lowest BCUT2D eigenvalue weighted by molar-refractivity contribution is -0.123. The van der Waals surface area contributed by atoms with Crippen molar-refractivity contribution in [2.24, 2.45) is 0 Å². The monoisotopic (exact) mass is 340 g/mol. The fourth-order valence-electron chi connectivity index (χ4n) is 2.62. The van der Waals surface area contributed by atoms with Crippen LogP contribution in [0, 0.1) is 0 Å². The van der Waals surface area contributed by atoms with Gasteiger partial charge < -0.3 is 10.4 Å². The molecule has 110 valence electrons.